The number of hydrogen-bond donors (Lipinski definition) is 2. The molecule has 3 aromatic rings. The number of hydrogen-bond acceptors (Lipinski definition) is 5. The summed E-state index contributed by atoms with van der Waals surface area (Å²) >= 11 is 0. The molecule has 0 heterocycles. The molecule has 34 heavy (non-hydrogen) atoms. The van der Waals surface area contributed by atoms with E-state index < -0.39 is 22.0 Å². The Morgan fingerprint density at radius 1 is 1.00 bits per heavy atom. The van der Waals surface area contributed by atoms with Crippen molar-refractivity contribution in [3.8, 4) is 5.75 Å². The lowest BCUT2D eigenvalue weighted by molar-refractivity contribution is -0.123. The fraction of sp³-hybridized carbons (Fsp3) is 0.231. The van der Waals surface area contributed by atoms with E-state index in [9.17, 15) is 13.2 Å². The zero-order valence-electron chi connectivity index (χ0n) is 19.4. The molecule has 0 aliphatic rings. The van der Waals surface area contributed by atoms with Crippen LogP contribution in [0.2, 0.25) is 0 Å². The Bertz CT molecular complexity index is 1220. The summed E-state index contributed by atoms with van der Waals surface area (Å²) in [5, 5.41) is 4.00. The molecule has 0 aliphatic heterocycles. The van der Waals surface area contributed by atoms with Crippen molar-refractivity contribution in [3.63, 3.8) is 0 Å². The second kappa shape index (κ2) is 11.6. The molecule has 3 rings (SSSR count). The molecule has 3 aromatic carbocycles. The molecule has 0 bridgehead atoms. The second-order valence-corrected chi connectivity index (χ2v) is 9.95. The van der Waals surface area contributed by atoms with E-state index in [-0.39, 0.29) is 10.8 Å². The molecule has 1 amide bonds. The average molecular weight is 480 g/mol. The van der Waals surface area contributed by atoms with E-state index in [0.717, 1.165) is 16.7 Å². The van der Waals surface area contributed by atoms with Gasteiger partial charge >= 0.3 is 0 Å². The summed E-state index contributed by atoms with van der Waals surface area (Å²) in [6.07, 6.45) is 1.49. The van der Waals surface area contributed by atoms with Crippen molar-refractivity contribution in [3.05, 3.63) is 95.6 Å². The molecule has 0 fully saturated rings. The maximum Gasteiger partial charge on any atom is 0.258 e. The summed E-state index contributed by atoms with van der Waals surface area (Å²) in [7, 11) is -3.86. The molecule has 0 aromatic heterocycles. The first-order valence-corrected chi connectivity index (χ1v) is 12.4. The third-order valence-corrected chi connectivity index (χ3v) is 6.51. The standard InChI is InChI=1S/C26H29N3O4S/c1-19(2)25(29-34(31,32)24-14-12-20(3)13-15-24)26(30)28-27-17-22-10-7-11-23(16-22)33-18-21-8-5-4-6-9-21/h4-17,19,25,29H,18H2,1-3H3,(H,28,30)/b27-17-/t25-/m0/s1. The minimum atomic E-state index is -3.86. The number of rotatable bonds is 10. The quantitative estimate of drug-likeness (QED) is 0.339. The predicted octanol–water partition coefficient (Wildman–Crippen LogP) is 4.03. The third kappa shape index (κ3) is 7.26. The summed E-state index contributed by atoms with van der Waals surface area (Å²) < 4.78 is 33.7. The molecule has 0 spiro atoms. The van der Waals surface area contributed by atoms with Gasteiger partial charge in [0.1, 0.15) is 18.4 Å². The van der Waals surface area contributed by atoms with Crippen LogP contribution in [0.5, 0.6) is 5.75 Å². The Balaban J connectivity index is 1.61. The van der Waals surface area contributed by atoms with Gasteiger partial charge in [0, 0.05) is 0 Å². The summed E-state index contributed by atoms with van der Waals surface area (Å²) in [4.78, 5) is 12.8. The molecule has 8 heteroatoms. The molecule has 0 unspecified atom stereocenters. The van der Waals surface area contributed by atoms with Gasteiger partial charge in [0.25, 0.3) is 5.91 Å². The first-order chi connectivity index (χ1) is 16.2. The molecule has 178 valence electrons. The molecule has 0 saturated carbocycles. The van der Waals surface area contributed by atoms with Crippen LogP contribution in [0.3, 0.4) is 0 Å². The number of ether oxygens (including phenoxy) is 1. The monoisotopic (exact) mass is 479 g/mol. The highest BCUT2D eigenvalue weighted by Crippen LogP contribution is 2.15. The molecule has 0 aliphatic carbocycles. The Morgan fingerprint density at radius 3 is 2.38 bits per heavy atom. The number of aryl methyl sites for hydroxylation is 1. The Kier molecular flexibility index (Phi) is 8.56. The summed E-state index contributed by atoms with van der Waals surface area (Å²) in [5.41, 5.74) is 5.17. The molecule has 0 saturated heterocycles. The van der Waals surface area contributed by atoms with Gasteiger partial charge in [0.2, 0.25) is 10.0 Å². The topological polar surface area (TPSA) is 96.9 Å². The lowest BCUT2D eigenvalue weighted by Crippen LogP contribution is -2.48. The van der Waals surface area contributed by atoms with Crippen LogP contribution in [0, 0.1) is 12.8 Å². The highest BCUT2D eigenvalue weighted by Gasteiger charge is 2.28. The van der Waals surface area contributed by atoms with Crippen LogP contribution in [0.15, 0.2) is 88.9 Å². The second-order valence-electron chi connectivity index (χ2n) is 8.24. The molecule has 2 N–H and O–H groups in total. The number of hydrazone groups is 1. The van der Waals surface area contributed by atoms with Crippen LogP contribution < -0.4 is 14.9 Å². The van der Waals surface area contributed by atoms with Crippen molar-refractivity contribution >= 4 is 22.1 Å². The fourth-order valence-corrected chi connectivity index (χ4v) is 4.45. The van der Waals surface area contributed by atoms with E-state index in [0.29, 0.717) is 12.4 Å². The van der Waals surface area contributed by atoms with Crippen molar-refractivity contribution in [2.24, 2.45) is 11.0 Å². The lowest BCUT2D eigenvalue weighted by Gasteiger charge is -2.20. The summed E-state index contributed by atoms with van der Waals surface area (Å²) in [6, 6.07) is 22.6. The van der Waals surface area contributed by atoms with Gasteiger partial charge in [-0.15, -0.1) is 0 Å². The number of amides is 1. The van der Waals surface area contributed by atoms with Crippen molar-refractivity contribution in [2.75, 3.05) is 0 Å². The van der Waals surface area contributed by atoms with Crippen LogP contribution in [0.25, 0.3) is 0 Å². The van der Waals surface area contributed by atoms with Crippen molar-refractivity contribution in [1.82, 2.24) is 10.1 Å². The zero-order chi connectivity index (χ0) is 24.6. The van der Waals surface area contributed by atoms with Crippen LogP contribution >= 0.6 is 0 Å². The van der Waals surface area contributed by atoms with Crippen molar-refractivity contribution < 1.29 is 17.9 Å². The van der Waals surface area contributed by atoms with E-state index in [1.165, 1.54) is 18.3 Å². The van der Waals surface area contributed by atoms with Gasteiger partial charge < -0.3 is 4.74 Å². The van der Waals surface area contributed by atoms with Gasteiger partial charge in [0.15, 0.2) is 0 Å². The van der Waals surface area contributed by atoms with Gasteiger partial charge in [-0.25, -0.2) is 13.8 Å². The van der Waals surface area contributed by atoms with Crippen molar-refractivity contribution in [2.45, 2.75) is 38.3 Å². The van der Waals surface area contributed by atoms with E-state index in [1.54, 1.807) is 32.0 Å². The Morgan fingerprint density at radius 2 is 1.71 bits per heavy atom. The number of carbonyl (C=O) groups excluding carboxylic acids is 1. The molecular weight excluding hydrogens is 450 g/mol. The average Bonchev–Trinajstić information content (AvgIpc) is 2.82. The van der Waals surface area contributed by atoms with Crippen LogP contribution in [0.4, 0.5) is 0 Å². The largest absolute Gasteiger partial charge is 0.489 e. The number of nitrogens with zero attached hydrogens (tertiary/aromatic N) is 1. The Hall–Kier alpha value is -3.49. The normalized spacial score (nSPS) is 12.6. The molecular formula is C26H29N3O4S. The van der Waals surface area contributed by atoms with E-state index in [4.69, 9.17) is 4.74 Å². The van der Waals surface area contributed by atoms with E-state index in [1.807, 2.05) is 55.5 Å². The smallest absolute Gasteiger partial charge is 0.258 e. The highest BCUT2D eigenvalue weighted by atomic mass is 32.2. The van der Waals surface area contributed by atoms with Crippen molar-refractivity contribution in [1.29, 1.82) is 0 Å². The number of benzene rings is 3. The predicted molar refractivity (Wildman–Crippen MR) is 133 cm³/mol. The minimum absolute atomic E-state index is 0.104. The zero-order valence-corrected chi connectivity index (χ0v) is 20.2. The van der Waals surface area contributed by atoms with Gasteiger partial charge in [0.05, 0.1) is 11.1 Å². The maximum atomic E-state index is 12.7. The fourth-order valence-electron chi connectivity index (χ4n) is 3.11. The Labute approximate surface area is 200 Å². The molecule has 1 atom stereocenters. The van der Waals surface area contributed by atoms with Crippen LogP contribution in [-0.4, -0.2) is 26.6 Å². The maximum absolute atomic E-state index is 12.7. The van der Waals surface area contributed by atoms with E-state index in [2.05, 4.69) is 15.2 Å². The van der Waals surface area contributed by atoms with Gasteiger partial charge in [-0.05, 0) is 48.2 Å². The summed E-state index contributed by atoms with van der Waals surface area (Å²) in [5.74, 6) is -0.159. The highest BCUT2D eigenvalue weighted by molar-refractivity contribution is 7.89. The minimum Gasteiger partial charge on any atom is -0.489 e. The van der Waals surface area contributed by atoms with Crippen LogP contribution in [-0.2, 0) is 21.4 Å². The first-order valence-electron chi connectivity index (χ1n) is 10.9. The van der Waals surface area contributed by atoms with Gasteiger partial charge in [-0.2, -0.15) is 9.82 Å². The molecule has 0 radical (unpaired) electrons. The first kappa shape index (κ1) is 25.1. The number of sulfonamides is 1. The summed E-state index contributed by atoms with van der Waals surface area (Å²) in [6.45, 7) is 5.84. The lowest BCUT2D eigenvalue weighted by atomic mass is 10.1. The van der Waals surface area contributed by atoms with Crippen LogP contribution in [0.1, 0.15) is 30.5 Å². The van der Waals surface area contributed by atoms with Gasteiger partial charge in [-0.3, -0.25) is 4.79 Å². The van der Waals surface area contributed by atoms with Gasteiger partial charge in [-0.1, -0.05) is 74.0 Å². The SMILES string of the molecule is Cc1ccc(S(=O)(=O)N[C@H](C(=O)N/N=C\c2cccc(OCc3ccccc3)c2)C(C)C)cc1. The third-order valence-electron chi connectivity index (χ3n) is 5.06. The molecule has 7 nitrogen and oxygen atoms in total. The number of carbonyl (C=O) groups is 1. The van der Waals surface area contributed by atoms with E-state index >= 15 is 0 Å². The number of nitrogens with one attached hydrogen (secondary N) is 2.